The van der Waals surface area contributed by atoms with E-state index in [1.165, 1.54) is 13.0 Å². The second kappa shape index (κ2) is 19.5. The first kappa shape index (κ1) is 44.3. The summed E-state index contributed by atoms with van der Waals surface area (Å²) in [4.78, 5) is 40.3. The number of carbonyl (C=O) groups excluding carboxylic acids is 3. The standard InChI is InChI=1S/C38H63NO13/c1-10-29-26(19-41)15-20(2)11-12-27(42)21(3)16-25(13-14-40)34(22(4)28(43)17-30(44)50-29)52-37-33(45)32(39(8)9)35(23(5)49-37)51-31-18-38(7,47)36(46)24(6)48-31/h11-12,14-15,21-26,28-29,31-37,41,43,45-47H,10,13,16-19H2,1-9H3/b12-11+,20-15+/t21-,22+,23-,24+,25+,26-,28-,29-,31+,32-,33-,34-,35-,36+,37+,38-/m1/s1. The highest BCUT2D eigenvalue weighted by atomic mass is 16.7. The lowest BCUT2D eigenvalue weighted by molar-refractivity contribution is -0.341. The molecule has 0 aromatic heterocycles. The van der Waals surface area contributed by atoms with E-state index in [9.17, 15) is 39.9 Å². The van der Waals surface area contributed by atoms with Crippen LogP contribution in [0.15, 0.2) is 23.8 Å². The Bertz CT molecular complexity index is 1240. The fraction of sp³-hybridized carbons (Fsp3) is 0.816. The third-order valence-corrected chi connectivity index (χ3v) is 10.9. The fourth-order valence-electron chi connectivity index (χ4n) is 7.68. The lowest BCUT2D eigenvalue weighted by Gasteiger charge is -2.50. The van der Waals surface area contributed by atoms with E-state index < -0.39 is 109 Å². The largest absolute Gasteiger partial charge is 0.462 e. The number of aliphatic hydroxyl groups is 5. The van der Waals surface area contributed by atoms with Gasteiger partial charge in [0.05, 0.1) is 49.1 Å². The average Bonchev–Trinajstić information content (AvgIpc) is 3.07. The highest BCUT2D eigenvalue weighted by Crippen LogP contribution is 2.37. The van der Waals surface area contributed by atoms with Crippen molar-refractivity contribution in [3.8, 4) is 0 Å². The van der Waals surface area contributed by atoms with Crippen molar-refractivity contribution in [3.05, 3.63) is 23.8 Å². The molecule has 0 spiro atoms. The molecule has 52 heavy (non-hydrogen) atoms. The highest BCUT2D eigenvalue weighted by molar-refractivity contribution is 5.91. The van der Waals surface area contributed by atoms with Gasteiger partial charge in [0.25, 0.3) is 0 Å². The minimum Gasteiger partial charge on any atom is -0.462 e. The van der Waals surface area contributed by atoms with E-state index >= 15 is 0 Å². The van der Waals surface area contributed by atoms with Gasteiger partial charge in [-0.25, -0.2) is 0 Å². The number of hydrogen-bond donors (Lipinski definition) is 5. The van der Waals surface area contributed by atoms with E-state index in [1.54, 1.807) is 65.8 Å². The number of aldehydes is 1. The van der Waals surface area contributed by atoms with Crippen molar-refractivity contribution in [1.29, 1.82) is 0 Å². The summed E-state index contributed by atoms with van der Waals surface area (Å²) in [6, 6.07) is -0.720. The van der Waals surface area contributed by atoms with E-state index in [0.29, 0.717) is 12.0 Å². The molecule has 298 valence electrons. The molecule has 0 aromatic rings. The predicted molar refractivity (Wildman–Crippen MR) is 190 cm³/mol. The molecule has 0 radical (unpaired) electrons. The molecule has 2 fully saturated rings. The van der Waals surface area contributed by atoms with Crippen LogP contribution < -0.4 is 0 Å². The predicted octanol–water partition coefficient (Wildman–Crippen LogP) is 1.67. The first-order chi connectivity index (χ1) is 24.3. The van der Waals surface area contributed by atoms with Gasteiger partial charge in [-0.15, -0.1) is 0 Å². The van der Waals surface area contributed by atoms with Crippen LogP contribution in [-0.2, 0) is 38.1 Å². The maximum absolute atomic E-state index is 13.3. The van der Waals surface area contributed by atoms with Gasteiger partial charge in [0.1, 0.15) is 30.7 Å². The number of ketones is 1. The van der Waals surface area contributed by atoms with Gasteiger partial charge < -0.3 is 58.9 Å². The molecule has 3 rings (SSSR count). The van der Waals surface area contributed by atoms with Gasteiger partial charge >= 0.3 is 5.97 Å². The van der Waals surface area contributed by atoms with E-state index in [0.717, 1.165) is 6.29 Å². The van der Waals surface area contributed by atoms with E-state index in [-0.39, 0.29) is 31.7 Å². The summed E-state index contributed by atoms with van der Waals surface area (Å²) in [7, 11) is 3.51. The van der Waals surface area contributed by atoms with Crippen molar-refractivity contribution in [2.45, 2.75) is 154 Å². The lowest BCUT2D eigenvalue weighted by atomic mass is 9.79. The number of carbonyl (C=O) groups is 3. The van der Waals surface area contributed by atoms with Gasteiger partial charge in [-0.1, -0.05) is 38.5 Å². The summed E-state index contributed by atoms with van der Waals surface area (Å²) in [5, 5.41) is 54.5. The number of rotatable bonds is 9. The number of ether oxygens (including phenoxy) is 5. The molecule has 3 heterocycles. The molecule has 0 unspecified atom stereocenters. The van der Waals surface area contributed by atoms with Crippen LogP contribution in [-0.4, -0.2) is 142 Å². The Hall–Kier alpha value is -2.11. The molecular weight excluding hydrogens is 678 g/mol. The van der Waals surface area contributed by atoms with Crippen molar-refractivity contribution in [2.75, 3.05) is 20.7 Å². The number of nitrogens with zero attached hydrogens (tertiary/aromatic N) is 1. The van der Waals surface area contributed by atoms with Gasteiger partial charge in [-0.3, -0.25) is 9.59 Å². The van der Waals surface area contributed by atoms with Crippen LogP contribution >= 0.6 is 0 Å². The summed E-state index contributed by atoms with van der Waals surface area (Å²) in [6.45, 7) is 11.6. The number of cyclic esters (lactones) is 1. The Kier molecular flexibility index (Phi) is 16.6. The minimum atomic E-state index is -1.47. The molecule has 14 nitrogen and oxygen atoms in total. The number of esters is 1. The van der Waals surface area contributed by atoms with Crippen LogP contribution in [0.5, 0.6) is 0 Å². The molecule has 0 bridgehead atoms. The average molecular weight is 742 g/mol. The summed E-state index contributed by atoms with van der Waals surface area (Å²) >= 11 is 0. The zero-order chi connectivity index (χ0) is 39.1. The van der Waals surface area contributed by atoms with Gasteiger partial charge in [0.15, 0.2) is 18.4 Å². The SMILES string of the molecule is CC[C@H]1OC(=O)C[C@@H](O)[C@H](C)[C@@H](O[C@@H]2O[C@H](C)[C@@H](O[C@H]3C[C@@](C)(O)[C@@H](O)[C@H](C)O3)[C@H](N(C)C)[C@H]2O)[C@@H](CC=O)C[C@@H](C)C(=O)/C=C/C(C)=C/[C@@H]1CO. The smallest absolute Gasteiger partial charge is 0.308 e. The van der Waals surface area contributed by atoms with Crippen LogP contribution in [0.2, 0.25) is 0 Å². The Morgan fingerprint density at radius 2 is 1.69 bits per heavy atom. The van der Waals surface area contributed by atoms with Crippen molar-refractivity contribution < 1.29 is 63.6 Å². The molecule has 2 saturated heterocycles. The first-order valence-electron chi connectivity index (χ1n) is 18.5. The lowest BCUT2D eigenvalue weighted by Crippen LogP contribution is -2.65. The van der Waals surface area contributed by atoms with Crippen molar-refractivity contribution >= 4 is 18.0 Å². The fourth-order valence-corrected chi connectivity index (χ4v) is 7.68. The Morgan fingerprint density at radius 1 is 1.02 bits per heavy atom. The molecule has 3 aliphatic rings. The monoisotopic (exact) mass is 741 g/mol. The molecule has 5 N–H and O–H groups in total. The van der Waals surface area contributed by atoms with E-state index in [4.69, 9.17) is 23.7 Å². The second-order valence-electron chi connectivity index (χ2n) is 15.5. The number of aliphatic hydroxyl groups excluding tert-OH is 4. The number of allylic oxidation sites excluding steroid dienone is 3. The first-order valence-corrected chi connectivity index (χ1v) is 18.5. The molecule has 0 aliphatic carbocycles. The third-order valence-electron chi connectivity index (χ3n) is 10.9. The molecular formula is C38H63NO13. The van der Waals surface area contributed by atoms with Crippen LogP contribution in [0.25, 0.3) is 0 Å². The van der Waals surface area contributed by atoms with Gasteiger partial charge in [-0.05, 0) is 66.6 Å². The summed E-state index contributed by atoms with van der Waals surface area (Å²) in [5.41, 5.74) is -0.773. The number of hydrogen-bond acceptors (Lipinski definition) is 14. The molecule has 0 aromatic carbocycles. The van der Waals surface area contributed by atoms with Gasteiger partial charge in [0, 0.05) is 30.6 Å². The maximum atomic E-state index is 13.3. The van der Waals surface area contributed by atoms with Gasteiger partial charge in [0.2, 0.25) is 0 Å². The van der Waals surface area contributed by atoms with Crippen molar-refractivity contribution in [2.24, 2.45) is 23.7 Å². The molecule has 0 amide bonds. The maximum Gasteiger partial charge on any atom is 0.308 e. The third kappa shape index (κ3) is 11.2. The molecule has 3 aliphatic heterocycles. The number of likely N-dealkylation sites (N-methyl/N-ethyl adjacent to an activating group) is 1. The minimum absolute atomic E-state index is 0.0210. The summed E-state index contributed by atoms with van der Waals surface area (Å²) in [6.07, 6.45) is -4.08. The van der Waals surface area contributed by atoms with Crippen molar-refractivity contribution in [1.82, 2.24) is 4.90 Å². The van der Waals surface area contributed by atoms with E-state index in [2.05, 4.69) is 0 Å². The van der Waals surface area contributed by atoms with Crippen LogP contribution in [0.3, 0.4) is 0 Å². The quantitative estimate of drug-likeness (QED) is 0.169. The summed E-state index contributed by atoms with van der Waals surface area (Å²) in [5.74, 6) is -3.38. The Morgan fingerprint density at radius 3 is 2.27 bits per heavy atom. The van der Waals surface area contributed by atoms with Crippen LogP contribution in [0.1, 0.15) is 80.6 Å². The zero-order valence-electron chi connectivity index (χ0n) is 32.2. The highest BCUT2D eigenvalue weighted by Gasteiger charge is 2.51. The van der Waals surface area contributed by atoms with E-state index in [1.807, 2.05) is 6.92 Å². The van der Waals surface area contributed by atoms with Crippen molar-refractivity contribution in [3.63, 3.8) is 0 Å². The molecule has 16 atom stereocenters. The Labute approximate surface area is 308 Å². The van der Waals surface area contributed by atoms with Crippen LogP contribution in [0.4, 0.5) is 0 Å². The topological polar surface area (TPSA) is 202 Å². The van der Waals surface area contributed by atoms with Crippen LogP contribution in [0, 0.1) is 23.7 Å². The molecule has 14 heteroatoms. The second-order valence-corrected chi connectivity index (χ2v) is 15.5. The molecule has 0 saturated carbocycles. The summed E-state index contributed by atoms with van der Waals surface area (Å²) < 4.78 is 30.7. The van der Waals surface area contributed by atoms with Gasteiger partial charge in [-0.2, -0.15) is 0 Å². The Balaban J connectivity index is 1.96. The zero-order valence-corrected chi connectivity index (χ0v) is 32.2. The normalized spacial score (nSPS) is 44.8.